The Morgan fingerprint density at radius 1 is 1.18 bits per heavy atom. The number of rotatable bonds is 7. The van der Waals surface area contributed by atoms with E-state index in [4.69, 9.17) is 16.0 Å². The molecule has 2 aromatic carbocycles. The van der Waals surface area contributed by atoms with E-state index in [0.29, 0.717) is 28.8 Å². The first kappa shape index (κ1) is 22.7. The van der Waals surface area contributed by atoms with Crippen molar-refractivity contribution in [2.45, 2.75) is 39.3 Å². The predicted octanol–water partition coefficient (Wildman–Crippen LogP) is 4.97. The molecule has 8 heteroatoms. The van der Waals surface area contributed by atoms with Gasteiger partial charge >= 0.3 is 0 Å². The third-order valence-corrected chi connectivity index (χ3v) is 5.81. The average molecular weight is 465 g/mol. The molecule has 0 radical (unpaired) electrons. The molecule has 1 fully saturated rings. The Morgan fingerprint density at radius 3 is 2.61 bits per heavy atom. The van der Waals surface area contributed by atoms with Gasteiger partial charge in [-0.25, -0.2) is 0 Å². The molecule has 0 saturated carbocycles. The molecule has 0 bridgehead atoms. The largest absolute Gasteiger partial charge is 0.419 e. The highest BCUT2D eigenvalue weighted by Crippen LogP contribution is 2.27. The third-order valence-electron chi connectivity index (χ3n) is 5.48. The van der Waals surface area contributed by atoms with Gasteiger partial charge in [-0.05, 0) is 56.2 Å². The van der Waals surface area contributed by atoms with Crippen LogP contribution >= 0.6 is 11.6 Å². The van der Waals surface area contributed by atoms with Gasteiger partial charge in [-0.1, -0.05) is 35.9 Å². The maximum atomic E-state index is 12.9. The fraction of sp³-hybridized carbons (Fsp3) is 0.280. The highest BCUT2D eigenvalue weighted by atomic mass is 35.5. The Hall–Kier alpha value is -3.45. The van der Waals surface area contributed by atoms with Gasteiger partial charge in [0.1, 0.15) is 0 Å². The summed E-state index contributed by atoms with van der Waals surface area (Å²) in [7, 11) is 0. The molecule has 0 spiro atoms. The number of amides is 2. The van der Waals surface area contributed by atoms with Gasteiger partial charge in [-0.2, -0.15) is 0 Å². The van der Waals surface area contributed by atoms with E-state index in [1.807, 2.05) is 50.2 Å². The molecule has 0 unspecified atom stereocenters. The number of aromatic nitrogens is 2. The van der Waals surface area contributed by atoms with Crippen molar-refractivity contribution in [2.24, 2.45) is 0 Å². The Morgan fingerprint density at radius 2 is 1.94 bits per heavy atom. The summed E-state index contributed by atoms with van der Waals surface area (Å²) in [6.07, 6.45) is 4.78. The second-order valence-corrected chi connectivity index (χ2v) is 8.52. The van der Waals surface area contributed by atoms with Crippen LogP contribution in [0.4, 0.5) is 5.69 Å². The zero-order chi connectivity index (χ0) is 23.4. The molecule has 3 aromatic rings. The maximum Gasteiger partial charge on any atom is 0.249 e. The molecular weight excluding hydrogens is 440 g/mol. The zero-order valence-electron chi connectivity index (χ0n) is 18.6. The van der Waals surface area contributed by atoms with Crippen molar-refractivity contribution in [1.82, 2.24) is 15.1 Å². The van der Waals surface area contributed by atoms with Gasteiger partial charge in [0.2, 0.25) is 23.6 Å². The number of benzene rings is 2. The van der Waals surface area contributed by atoms with Gasteiger partial charge in [0, 0.05) is 30.8 Å². The molecule has 1 aliphatic rings. The van der Waals surface area contributed by atoms with Gasteiger partial charge in [-0.15, -0.1) is 10.2 Å². The first-order valence-electron chi connectivity index (χ1n) is 10.9. The standard InChI is InChI=1S/C25H25ClN4O3/c1-17(2)30(16-22-27-28-25(33-22)20-6-3-4-7-21(20)26)24(32)14-11-18-9-12-19(13-10-18)29-15-5-8-23(29)31/h3-4,6-7,9-14,17H,5,8,15-16H2,1-2H3/b14-11+. The van der Waals surface area contributed by atoms with Crippen LogP contribution in [0, 0.1) is 0 Å². The van der Waals surface area contributed by atoms with Crippen LogP contribution < -0.4 is 4.90 Å². The van der Waals surface area contributed by atoms with Crippen LogP contribution in [0.3, 0.4) is 0 Å². The van der Waals surface area contributed by atoms with Gasteiger partial charge < -0.3 is 14.2 Å². The van der Waals surface area contributed by atoms with E-state index < -0.39 is 0 Å². The molecule has 0 N–H and O–H groups in total. The minimum Gasteiger partial charge on any atom is -0.419 e. The lowest BCUT2D eigenvalue weighted by molar-refractivity contribution is -0.128. The first-order valence-corrected chi connectivity index (χ1v) is 11.3. The minimum absolute atomic E-state index is 0.0682. The van der Waals surface area contributed by atoms with Crippen LogP contribution in [0.15, 0.2) is 59.0 Å². The van der Waals surface area contributed by atoms with Crippen LogP contribution in [-0.4, -0.2) is 39.5 Å². The summed E-state index contributed by atoms with van der Waals surface area (Å²) in [6, 6.07) is 14.8. The van der Waals surface area contributed by atoms with E-state index in [2.05, 4.69) is 10.2 Å². The van der Waals surface area contributed by atoms with E-state index in [-0.39, 0.29) is 24.4 Å². The summed E-state index contributed by atoms with van der Waals surface area (Å²) in [6.45, 7) is 4.80. The van der Waals surface area contributed by atoms with E-state index >= 15 is 0 Å². The fourth-order valence-electron chi connectivity index (χ4n) is 3.67. The molecule has 1 saturated heterocycles. The number of nitrogens with zero attached hydrogens (tertiary/aromatic N) is 4. The quantitative estimate of drug-likeness (QED) is 0.461. The van der Waals surface area contributed by atoms with Crippen LogP contribution in [0.2, 0.25) is 5.02 Å². The highest BCUT2D eigenvalue weighted by Gasteiger charge is 2.22. The molecule has 0 aliphatic carbocycles. The maximum absolute atomic E-state index is 12.9. The van der Waals surface area contributed by atoms with Crippen molar-refractivity contribution >= 4 is 35.2 Å². The second-order valence-electron chi connectivity index (χ2n) is 8.11. The van der Waals surface area contributed by atoms with Gasteiger partial charge in [0.25, 0.3) is 0 Å². The topological polar surface area (TPSA) is 79.5 Å². The Kier molecular flexibility index (Phi) is 6.89. The number of carbonyl (C=O) groups is 2. The summed E-state index contributed by atoms with van der Waals surface area (Å²) in [4.78, 5) is 28.2. The summed E-state index contributed by atoms with van der Waals surface area (Å²) >= 11 is 6.21. The molecule has 170 valence electrons. The zero-order valence-corrected chi connectivity index (χ0v) is 19.3. The molecular formula is C25H25ClN4O3. The average Bonchev–Trinajstić information content (AvgIpc) is 3.45. The Balaban J connectivity index is 1.43. The lowest BCUT2D eigenvalue weighted by Gasteiger charge is -2.23. The lowest BCUT2D eigenvalue weighted by atomic mass is 10.1. The van der Waals surface area contributed by atoms with Crippen LogP contribution in [0.25, 0.3) is 17.5 Å². The van der Waals surface area contributed by atoms with E-state index in [0.717, 1.165) is 24.2 Å². The van der Waals surface area contributed by atoms with Gasteiger partial charge in [0.05, 0.1) is 17.1 Å². The molecule has 0 atom stereocenters. The normalized spacial score (nSPS) is 13.9. The number of carbonyl (C=O) groups excluding carboxylic acids is 2. The number of hydrogen-bond acceptors (Lipinski definition) is 5. The summed E-state index contributed by atoms with van der Waals surface area (Å²) in [5.74, 6) is 0.639. The Labute approximate surface area is 197 Å². The molecule has 1 aliphatic heterocycles. The summed E-state index contributed by atoms with van der Waals surface area (Å²) in [5, 5.41) is 8.68. The van der Waals surface area contributed by atoms with Crippen molar-refractivity contribution in [1.29, 1.82) is 0 Å². The van der Waals surface area contributed by atoms with Crippen molar-refractivity contribution in [3.05, 3.63) is 71.1 Å². The van der Waals surface area contributed by atoms with Crippen LogP contribution in [0.5, 0.6) is 0 Å². The number of halogens is 1. The van der Waals surface area contributed by atoms with E-state index in [1.165, 1.54) is 6.08 Å². The van der Waals surface area contributed by atoms with Crippen LogP contribution in [-0.2, 0) is 16.1 Å². The molecule has 2 amide bonds. The summed E-state index contributed by atoms with van der Waals surface area (Å²) < 4.78 is 5.76. The smallest absolute Gasteiger partial charge is 0.249 e. The fourth-order valence-corrected chi connectivity index (χ4v) is 3.89. The molecule has 33 heavy (non-hydrogen) atoms. The molecule has 4 rings (SSSR count). The number of anilines is 1. The van der Waals surface area contributed by atoms with Crippen molar-refractivity contribution in [3.8, 4) is 11.5 Å². The van der Waals surface area contributed by atoms with Crippen molar-refractivity contribution in [3.63, 3.8) is 0 Å². The van der Waals surface area contributed by atoms with E-state index in [1.54, 1.807) is 28.0 Å². The van der Waals surface area contributed by atoms with Crippen LogP contribution in [0.1, 0.15) is 38.1 Å². The van der Waals surface area contributed by atoms with E-state index in [9.17, 15) is 9.59 Å². The molecule has 7 nitrogen and oxygen atoms in total. The highest BCUT2D eigenvalue weighted by molar-refractivity contribution is 6.33. The SMILES string of the molecule is CC(C)N(Cc1nnc(-c2ccccc2Cl)o1)C(=O)/C=C/c1ccc(N2CCCC2=O)cc1. The van der Waals surface area contributed by atoms with Crippen molar-refractivity contribution in [2.75, 3.05) is 11.4 Å². The number of hydrogen-bond donors (Lipinski definition) is 0. The third kappa shape index (κ3) is 5.31. The minimum atomic E-state index is -0.165. The van der Waals surface area contributed by atoms with Gasteiger partial charge in [0.15, 0.2) is 0 Å². The first-order chi connectivity index (χ1) is 15.9. The lowest BCUT2D eigenvalue weighted by Crippen LogP contribution is -2.35. The monoisotopic (exact) mass is 464 g/mol. The predicted molar refractivity (Wildman–Crippen MR) is 127 cm³/mol. The van der Waals surface area contributed by atoms with Gasteiger partial charge in [-0.3, -0.25) is 9.59 Å². The Bertz CT molecular complexity index is 1170. The second kappa shape index (κ2) is 10.0. The van der Waals surface area contributed by atoms with Crippen molar-refractivity contribution < 1.29 is 14.0 Å². The molecule has 2 heterocycles. The summed E-state index contributed by atoms with van der Waals surface area (Å²) in [5.41, 5.74) is 2.41. The molecule has 1 aromatic heterocycles.